The maximum Gasteiger partial charge on any atom is 0.104 e. The molecule has 0 aromatic heterocycles. The van der Waals surface area contributed by atoms with Gasteiger partial charge in [-0.2, -0.15) is 0 Å². The highest BCUT2D eigenvalue weighted by atomic mass is 16.4. The third-order valence-electron chi connectivity index (χ3n) is 0.873. The summed E-state index contributed by atoms with van der Waals surface area (Å²) in [6.45, 7) is -0.472. The van der Waals surface area contributed by atoms with E-state index in [1.807, 2.05) is 0 Å². The molecule has 0 unspecified atom stereocenters. The summed E-state index contributed by atoms with van der Waals surface area (Å²) in [4.78, 5) is 0. The van der Waals surface area contributed by atoms with Crippen molar-refractivity contribution in [3.63, 3.8) is 0 Å². The van der Waals surface area contributed by atoms with E-state index < -0.39 is 18.8 Å². The molecule has 8 heavy (non-hydrogen) atoms. The van der Waals surface area contributed by atoms with Crippen molar-refractivity contribution in [3.8, 4) is 0 Å². The second kappa shape index (κ2) is 3.80. The van der Waals surface area contributed by atoms with Gasteiger partial charge in [-0.25, -0.2) is 0 Å². The molecule has 0 spiro atoms. The van der Waals surface area contributed by atoms with Crippen LogP contribution in [0.4, 0.5) is 0 Å². The number of hydrogen-bond donors (Lipinski definition) is 4. The van der Waals surface area contributed by atoms with Crippen LogP contribution in [0.1, 0.15) is 0 Å². The van der Waals surface area contributed by atoms with E-state index in [2.05, 4.69) is 0 Å². The maximum atomic E-state index is 8.59. The Kier molecular flexibility index (Phi) is 3.72. The number of nitrogens with two attached hydrogens (primary N) is 1. The highest BCUT2D eigenvalue weighted by molar-refractivity contribution is 4.64. The van der Waals surface area contributed by atoms with Crippen molar-refractivity contribution in [2.75, 3.05) is 13.2 Å². The first-order valence-electron chi connectivity index (χ1n) is 2.39. The number of aliphatic hydroxyl groups excluding tert-OH is 3. The van der Waals surface area contributed by atoms with Crippen molar-refractivity contribution in [1.29, 1.82) is 0 Å². The lowest BCUT2D eigenvalue weighted by atomic mass is 10.2. The van der Waals surface area contributed by atoms with Crippen LogP contribution in [0.3, 0.4) is 0 Å². The number of rotatable bonds is 3. The molecule has 0 aliphatic heterocycles. The van der Waals surface area contributed by atoms with Crippen LogP contribution in [-0.4, -0.2) is 40.7 Å². The van der Waals surface area contributed by atoms with Gasteiger partial charge in [0.2, 0.25) is 0 Å². The van der Waals surface area contributed by atoms with Crippen LogP contribution in [0.2, 0.25) is 0 Å². The standard InChI is InChI=1S/C4H11NO3/c5-1-3(7)4(8)2-6/h3-4,6-8H,1-2,5H2/t3-,4+/m0/s1. The van der Waals surface area contributed by atoms with Gasteiger partial charge in [-0.3, -0.25) is 0 Å². The lowest BCUT2D eigenvalue weighted by Crippen LogP contribution is -2.35. The minimum Gasteiger partial charge on any atom is -0.394 e. The summed E-state index contributed by atoms with van der Waals surface area (Å²) in [5.74, 6) is 0. The van der Waals surface area contributed by atoms with Gasteiger partial charge in [0.15, 0.2) is 0 Å². The van der Waals surface area contributed by atoms with E-state index in [4.69, 9.17) is 21.1 Å². The lowest BCUT2D eigenvalue weighted by Gasteiger charge is -2.11. The van der Waals surface area contributed by atoms with E-state index in [9.17, 15) is 0 Å². The molecule has 4 nitrogen and oxygen atoms in total. The van der Waals surface area contributed by atoms with Crippen LogP contribution in [-0.2, 0) is 0 Å². The second-order valence-electron chi connectivity index (χ2n) is 1.55. The van der Waals surface area contributed by atoms with E-state index >= 15 is 0 Å². The molecule has 0 saturated carbocycles. The van der Waals surface area contributed by atoms with Crippen LogP contribution in [0.15, 0.2) is 0 Å². The Morgan fingerprint density at radius 2 is 1.75 bits per heavy atom. The molecule has 5 N–H and O–H groups in total. The molecule has 0 fully saturated rings. The zero-order valence-electron chi connectivity index (χ0n) is 4.49. The molecule has 0 aromatic carbocycles. The van der Waals surface area contributed by atoms with Gasteiger partial charge in [-0.15, -0.1) is 0 Å². The third kappa shape index (κ3) is 2.23. The van der Waals surface area contributed by atoms with E-state index in [0.717, 1.165) is 0 Å². The van der Waals surface area contributed by atoms with Gasteiger partial charge in [0, 0.05) is 6.54 Å². The van der Waals surface area contributed by atoms with Crippen molar-refractivity contribution < 1.29 is 15.3 Å². The Morgan fingerprint density at radius 3 is 1.88 bits per heavy atom. The van der Waals surface area contributed by atoms with Crippen molar-refractivity contribution in [2.24, 2.45) is 5.73 Å². The predicted molar refractivity (Wildman–Crippen MR) is 28.2 cm³/mol. The lowest BCUT2D eigenvalue weighted by molar-refractivity contribution is -0.00894. The average molecular weight is 121 g/mol. The molecule has 0 aliphatic carbocycles. The maximum absolute atomic E-state index is 8.59. The normalized spacial score (nSPS) is 18.0. The Bertz CT molecular complexity index is 51.2. The first kappa shape index (κ1) is 7.84. The van der Waals surface area contributed by atoms with Crippen LogP contribution >= 0.6 is 0 Å². The van der Waals surface area contributed by atoms with E-state index in [1.165, 1.54) is 0 Å². The zero-order valence-corrected chi connectivity index (χ0v) is 4.49. The van der Waals surface area contributed by atoms with Gasteiger partial charge in [-0.1, -0.05) is 0 Å². The van der Waals surface area contributed by atoms with Crippen molar-refractivity contribution in [3.05, 3.63) is 0 Å². The largest absolute Gasteiger partial charge is 0.394 e. The third-order valence-corrected chi connectivity index (χ3v) is 0.873. The van der Waals surface area contributed by atoms with E-state index in [1.54, 1.807) is 0 Å². The highest BCUT2D eigenvalue weighted by Gasteiger charge is 2.11. The fourth-order valence-corrected chi connectivity index (χ4v) is 0.279. The van der Waals surface area contributed by atoms with Crippen LogP contribution in [0, 0.1) is 0 Å². The summed E-state index contributed by atoms with van der Waals surface area (Å²) in [7, 11) is 0. The van der Waals surface area contributed by atoms with Gasteiger partial charge in [0.25, 0.3) is 0 Å². The van der Waals surface area contributed by atoms with Gasteiger partial charge < -0.3 is 21.1 Å². The average Bonchev–Trinajstić information content (AvgIpc) is 1.84. The van der Waals surface area contributed by atoms with Gasteiger partial charge in [0.1, 0.15) is 6.10 Å². The molecule has 0 radical (unpaired) electrons. The Morgan fingerprint density at radius 1 is 1.25 bits per heavy atom. The predicted octanol–water partition coefficient (Wildman–Crippen LogP) is -2.34. The number of hydrogen-bond acceptors (Lipinski definition) is 4. The molecule has 0 amide bonds. The van der Waals surface area contributed by atoms with E-state index in [0.29, 0.717) is 0 Å². The summed E-state index contributed by atoms with van der Waals surface area (Å²) in [5.41, 5.74) is 4.93. The number of aliphatic hydroxyl groups is 3. The Hall–Kier alpha value is -0.160. The topological polar surface area (TPSA) is 86.7 Å². The minimum atomic E-state index is -1.10. The second-order valence-corrected chi connectivity index (χ2v) is 1.55. The van der Waals surface area contributed by atoms with Gasteiger partial charge in [-0.05, 0) is 0 Å². The molecule has 0 aliphatic rings. The molecule has 0 rings (SSSR count). The molecule has 50 valence electrons. The molecular formula is C4H11NO3. The molecule has 0 aromatic rings. The monoisotopic (exact) mass is 121 g/mol. The minimum absolute atomic E-state index is 0.0261. The SMILES string of the molecule is NC[C@H](O)[C@H](O)CO. The molecular weight excluding hydrogens is 110 g/mol. The van der Waals surface area contributed by atoms with Gasteiger partial charge in [0.05, 0.1) is 12.7 Å². The van der Waals surface area contributed by atoms with Crippen LogP contribution in [0.5, 0.6) is 0 Å². The van der Waals surface area contributed by atoms with Crippen molar-refractivity contribution >= 4 is 0 Å². The van der Waals surface area contributed by atoms with E-state index in [-0.39, 0.29) is 6.54 Å². The summed E-state index contributed by atoms with van der Waals surface area (Å²) in [6, 6.07) is 0. The smallest absolute Gasteiger partial charge is 0.104 e. The van der Waals surface area contributed by atoms with Crippen molar-refractivity contribution in [1.82, 2.24) is 0 Å². The molecule has 0 bridgehead atoms. The highest BCUT2D eigenvalue weighted by Crippen LogP contribution is 1.87. The summed E-state index contributed by atoms with van der Waals surface area (Å²) < 4.78 is 0. The Balaban J connectivity index is 3.29. The molecule has 0 heterocycles. The first-order chi connectivity index (χ1) is 3.72. The summed E-state index contributed by atoms with van der Waals surface area (Å²) in [5, 5.41) is 25.3. The molecule has 0 saturated heterocycles. The molecule has 4 heteroatoms. The van der Waals surface area contributed by atoms with Gasteiger partial charge >= 0.3 is 0 Å². The quantitative estimate of drug-likeness (QED) is 0.337. The Labute approximate surface area is 47.6 Å². The summed E-state index contributed by atoms with van der Waals surface area (Å²) >= 11 is 0. The summed E-state index contributed by atoms with van der Waals surface area (Å²) in [6.07, 6.45) is -2.10. The van der Waals surface area contributed by atoms with Crippen molar-refractivity contribution in [2.45, 2.75) is 12.2 Å². The fourth-order valence-electron chi connectivity index (χ4n) is 0.279. The van der Waals surface area contributed by atoms with Crippen LogP contribution in [0.25, 0.3) is 0 Å². The van der Waals surface area contributed by atoms with Crippen LogP contribution < -0.4 is 5.73 Å². The fraction of sp³-hybridized carbons (Fsp3) is 1.00. The first-order valence-corrected chi connectivity index (χ1v) is 2.39. The zero-order chi connectivity index (χ0) is 6.57. The molecule has 2 atom stereocenters.